The van der Waals surface area contributed by atoms with Gasteiger partial charge in [-0.1, -0.05) is 33.1 Å². The van der Waals surface area contributed by atoms with Crippen molar-refractivity contribution in [3.05, 3.63) is 0 Å². The average Bonchev–Trinajstić information content (AvgIpc) is 2.48. The molecule has 0 aromatic rings. The topological polar surface area (TPSA) is 52.6 Å². The highest BCUT2D eigenvalue weighted by atomic mass is 16.5. The van der Waals surface area contributed by atoms with Crippen LogP contribution in [0.2, 0.25) is 0 Å². The molecule has 0 spiro atoms. The van der Waals surface area contributed by atoms with Gasteiger partial charge in [0.15, 0.2) is 0 Å². The van der Waals surface area contributed by atoms with Crippen molar-refractivity contribution in [3.8, 4) is 0 Å². The van der Waals surface area contributed by atoms with Gasteiger partial charge in [0, 0.05) is 0 Å². The highest BCUT2D eigenvalue weighted by Gasteiger charge is 2.41. The van der Waals surface area contributed by atoms with Crippen molar-refractivity contribution in [1.29, 1.82) is 0 Å². The fourth-order valence-corrected chi connectivity index (χ4v) is 3.56. The van der Waals surface area contributed by atoms with E-state index < -0.39 is 0 Å². The SMILES string of the molecule is CCOC(=O)C(CC(C)C)C(C(=O)OCC)C1CCCCC1. The molecule has 0 bridgehead atoms. The molecule has 0 aliphatic heterocycles. The highest BCUT2D eigenvalue weighted by molar-refractivity contribution is 5.82. The monoisotopic (exact) mass is 312 g/mol. The maximum Gasteiger partial charge on any atom is 0.310 e. The summed E-state index contributed by atoms with van der Waals surface area (Å²) in [5.74, 6) is -0.576. The van der Waals surface area contributed by atoms with Gasteiger partial charge in [-0.3, -0.25) is 9.59 Å². The van der Waals surface area contributed by atoms with Gasteiger partial charge in [0.2, 0.25) is 0 Å². The molecule has 1 aliphatic rings. The van der Waals surface area contributed by atoms with E-state index in [1.165, 1.54) is 6.42 Å². The maximum absolute atomic E-state index is 12.5. The Morgan fingerprint density at radius 2 is 1.50 bits per heavy atom. The fourth-order valence-electron chi connectivity index (χ4n) is 3.56. The van der Waals surface area contributed by atoms with E-state index in [1.54, 1.807) is 0 Å². The minimum atomic E-state index is -0.373. The Morgan fingerprint density at radius 3 is 2.00 bits per heavy atom. The smallest absolute Gasteiger partial charge is 0.310 e. The lowest BCUT2D eigenvalue weighted by Crippen LogP contribution is -2.39. The zero-order chi connectivity index (χ0) is 16.5. The van der Waals surface area contributed by atoms with Crippen molar-refractivity contribution in [1.82, 2.24) is 0 Å². The van der Waals surface area contributed by atoms with Crippen molar-refractivity contribution >= 4 is 11.9 Å². The van der Waals surface area contributed by atoms with Crippen molar-refractivity contribution in [2.24, 2.45) is 23.7 Å². The van der Waals surface area contributed by atoms with Crippen LogP contribution in [0.4, 0.5) is 0 Å². The van der Waals surface area contributed by atoms with Crippen molar-refractivity contribution in [2.75, 3.05) is 13.2 Å². The van der Waals surface area contributed by atoms with Gasteiger partial charge >= 0.3 is 11.9 Å². The molecule has 1 rings (SSSR count). The Morgan fingerprint density at radius 1 is 0.955 bits per heavy atom. The third-order valence-corrected chi connectivity index (χ3v) is 4.46. The molecule has 0 aromatic heterocycles. The lowest BCUT2D eigenvalue weighted by atomic mass is 9.72. The first-order chi connectivity index (χ1) is 10.5. The summed E-state index contributed by atoms with van der Waals surface area (Å²) in [5.41, 5.74) is 0. The van der Waals surface area contributed by atoms with Crippen LogP contribution in [0.5, 0.6) is 0 Å². The molecule has 0 heterocycles. The third kappa shape index (κ3) is 5.62. The van der Waals surface area contributed by atoms with Crippen LogP contribution in [-0.2, 0) is 19.1 Å². The molecule has 0 radical (unpaired) electrons. The Balaban J connectivity index is 2.99. The van der Waals surface area contributed by atoms with Crippen LogP contribution < -0.4 is 0 Å². The van der Waals surface area contributed by atoms with Gasteiger partial charge in [0.1, 0.15) is 0 Å². The van der Waals surface area contributed by atoms with Gasteiger partial charge in [0.05, 0.1) is 25.0 Å². The molecule has 0 N–H and O–H groups in total. The normalized spacial score (nSPS) is 18.8. The second kappa shape index (κ2) is 9.86. The minimum Gasteiger partial charge on any atom is -0.466 e. The third-order valence-electron chi connectivity index (χ3n) is 4.46. The summed E-state index contributed by atoms with van der Waals surface area (Å²) in [7, 11) is 0. The van der Waals surface area contributed by atoms with Gasteiger partial charge in [-0.15, -0.1) is 0 Å². The summed E-state index contributed by atoms with van der Waals surface area (Å²) in [6, 6.07) is 0. The van der Waals surface area contributed by atoms with E-state index in [2.05, 4.69) is 13.8 Å². The number of hydrogen-bond donors (Lipinski definition) is 0. The van der Waals surface area contributed by atoms with Crippen molar-refractivity contribution in [2.45, 2.75) is 66.2 Å². The van der Waals surface area contributed by atoms with Gasteiger partial charge in [-0.05, 0) is 44.9 Å². The van der Waals surface area contributed by atoms with E-state index >= 15 is 0 Å². The first kappa shape index (κ1) is 19.0. The molecule has 0 saturated heterocycles. The van der Waals surface area contributed by atoms with Crippen LogP contribution in [0.3, 0.4) is 0 Å². The molecule has 1 saturated carbocycles. The molecular formula is C18H32O4. The molecule has 2 atom stereocenters. The van der Waals surface area contributed by atoms with E-state index in [9.17, 15) is 9.59 Å². The zero-order valence-corrected chi connectivity index (χ0v) is 14.6. The summed E-state index contributed by atoms with van der Waals surface area (Å²) in [6.45, 7) is 8.50. The van der Waals surface area contributed by atoms with Crippen LogP contribution in [0.15, 0.2) is 0 Å². The van der Waals surface area contributed by atoms with E-state index in [-0.39, 0.29) is 29.7 Å². The summed E-state index contributed by atoms with van der Waals surface area (Å²) in [4.78, 5) is 25.0. The first-order valence-corrected chi connectivity index (χ1v) is 8.84. The maximum atomic E-state index is 12.5. The Bertz CT molecular complexity index is 345. The molecule has 4 heteroatoms. The highest BCUT2D eigenvalue weighted by Crippen LogP contribution is 2.37. The molecule has 1 fully saturated rings. The number of carbonyl (C=O) groups is 2. The molecule has 22 heavy (non-hydrogen) atoms. The van der Waals surface area contributed by atoms with Gasteiger partial charge in [0.25, 0.3) is 0 Å². The number of rotatable bonds is 8. The van der Waals surface area contributed by atoms with Crippen molar-refractivity contribution in [3.63, 3.8) is 0 Å². The molecular weight excluding hydrogens is 280 g/mol. The average molecular weight is 312 g/mol. The summed E-state index contributed by atoms with van der Waals surface area (Å²) in [5, 5.41) is 0. The van der Waals surface area contributed by atoms with E-state index in [0.29, 0.717) is 25.6 Å². The van der Waals surface area contributed by atoms with E-state index in [4.69, 9.17) is 9.47 Å². The number of hydrogen-bond acceptors (Lipinski definition) is 4. The molecule has 4 nitrogen and oxygen atoms in total. The minimum absolute atomic E-state index is 0.215. The number of ether oxygens (including phenoxy) is 2. The number of carbonyl (C=O) groups excluding carboxylic acids is 2. The number of esters is 2. The summed E-state index contributed by atoms with van der Waals surface area (Å²) >= 11 is 0. The lowest BCUT2D eigenvalue weighted by molar-refractivity contribution is -0.164. The fraction of sp³-hybridized carbons (Fsp3) is 0.889. The largest absolute Gasteiger partial charge is 0.466 e. The van der Waals surface area contributed by atoms with Crippen LogP contribution >= 0.6 is 0 Å². The predicted octanol–water partition coefficient (Wildman–Crippen LogP) is 3.97. The second-order valence-electron chi connectivity index (χ2n) is 6.66. The zero-order valence-electron chi connectivity index (χ0n) is 14.6. The second-order valence-corrected chi connectivity index (χ2v) is 6.66. The first-order valence-electron chi connectivity index (χ1n) is 8.84. The molecule has 0 aromatic carbocycles. The van der Waals surface area contributed by atoms with Crippen LogP contribution in [-0.4, -0.2) is 25.2 Å². The van der Waals surface area contributed by atoms with Crippen LogP contribution in [0.1, 0.15) is 66.2 Å². The molecule has 0 amide bonds. The standard InChI is InChI=1S/C18H32O4/c1-5-21-17(19)15(12-13(3)4)16(18(20)22-6-2)14-10-8-7-9-11-14/h13-16H,5-12H2,1-4H3. The summed E-state index contributed by atoms with van der Waals surface area (Å²) in [6.07, 6.45) is 6.20. The van der Waals surface area contributed by atoms with E-state index in [1.807, 2.05) is 13.8 Å². The predicted molar refractivity (Wildman–Crippen MR) is 86.3 cm³/mol. The van der Waals surface area contributed by atoms with E-state index in [0.717, 1.165) is 25.7 Å². The van der Waals surface area contributed by atoms with Crippen molar-refractivity contribution < 1.29 is 19.1 Å². The van der Waals surface area contributed by atoms with Gasteiger partial charge in [-0.2, -0.15) is 0 Å². The Hall–Kier alpha value is -1.06. The molecule has 1 aliphatic carbocycles. The lowest BCUT2D eigenvalue weighted by Gasteiger charge is -2.33. The molecule has 128 valence electrons. The Labute approximate surface area is 134 Å². The quantitative estimate of drug-likeness (QED) is 0.636. The van der Waals surface area contributed by atoms with Crippen LogP contribution in [0.25, 0.3) is 0 Å². The molecule has 2 unspecified atom stereocenters. The summed E-state index contributed by atoms with van der Waals surface area (Å²) < 4.78 is 10.6. The van der Waals surface area contributed by atoms with Gasteiger partial charge < -0.3 is 9.47 Å². The van der Waals surface area contributed by atoms with Crippen LogP contribution in [0, 0.1) is 23.7 Å². The Kier molecular flexibility index (Phi) is 8.51. The van der Waals surface area contributed by atoms with Gasteiger partial charge in [-0.25, -0.2) is 0 Å².